The maximum Gasteiger partial charge on any atom is 0.320 e. The van der Waals surface area contributed by atoms with Gasteiger partial charge in [-0.25, -0.2) is 8.42 Å². The van der Waals surface area contributed by atoms with Crippen molar-refractivity contribution in [2.75, 3.05) is 26.0 Å². The second-order valence-corrected chi connectivity index (χ2v) is 8.30. The Balaban J connectivity index is 2.31. The summed E-state index contributed by atoms with van der Waals surface area (Å²) in [6.07, 6.45) is 0. The third-order valence-corrected chi connectivity index (χ3v) is 7.03. The van der Waals surface area contributed by atoms with Gasteiger partial charge in [0.05, 0.1) is 17.2 Å². The van der Waals surface area contributed by atoms with Crippen LogP contribution in [0.1, 0.15) is 0 Å². The van der Waals surface area contributed by atoms with Crippen molar-refractivity contribution in [1.82, 2.24) is 4.31 Å². The van der Waals surface area contributed by atoms with E-state index in [0.717, 1.165) is 0 Å². The Morgan fingerprint density at radius 2 is 2.14 bits per heavy atom. The lowest BCUT2D eigenvalue weighted by molar-refractivity contribution is -0.140. The Morgan fingerprint density at radius 3 is 2.81 bits per heavy atom. The quantitative estimate of drug-likeness (QED) is 0.764. The zero-order valence-corrected chi connectivity index (χ0v) is 14.2. The molecule has 116 valence electrons. The number of benzene rings is 1. The van der Waals surface area contributed by atoms with Gasteiger partial charge in [0.2, 0.25) is 10.0 Å². The number of sulfonamides is 1. The Labute approximate surface area is 137 Å². The number of esters is 1. The minimum absolute atomic E-state index is 0.00740. The van der Waals surface area contributed by atoms with E-state index in [1.165, 1.54) is 41.4 Å². The second-order valence-electron chi connectivity index (χ2n) is 4.30. The van der Waals surface area contributed by atoms with E-state index in [0.29, 0.717) is 12.3 Å². The number of ether oxygens (including phenoxy) is 1. The van der Waals surface area contributed by atoms with E-state index >= 15 is 0 Å². The molecule has 0 radical (unpaired) electrons. The number of halogens is 2. The van der Waals surface area contributed by atoms with Gasteiger partial charge in [-0.15, -0.1) is 11.8 Å². The van der Waals surface area contributed by atoms with E-state index in [9.17, 15) is 13.2 Å². The lowest BCUT2D eigenvalue weighted by Gasteiger charge is -2.30. The number of hydrogen-bond acceptors (Lipinski definition) is 5. The van der Waals surface area contributed by atoms with Crippen molar-refractivity contribution < 1.29 is 17.9 Å². The SMILES string of the molecule is COC(=O)[C@@H]1CN(S(=O)(=O)c2cccc(Cl)c2Cl)CCS1. The van der Waals surface area contributed by atoms with Crippen molar-refractivity contribution in [1.29, 1.82) is 0 Å². The summed E-state index contributed by atoms with van der Waals surface area (Å²) in [6, 6.07) is 4.45. The summed E-state index contributed by atoms with van der Waals surface area (Å²) in [4.78, 5) is 11.5. The van der Waals surface area contributed by atoms with Gasteiger partial charge in [-0.2, -0.15) is 4.31 Å². The van der Waals surface area contributed by atoms with E-state index < -0.39 is 21.2 Å². The van der Waals surface area contributed by atoms with Crippen molar-refractivity contribution in [3.05, 3.63) is 28.2 Å². The predicted octanol–water partition coefficient (Wildman–Crippen LogP) is 2.27. The first-order valence-corrected chi connectivity index (χ1v) is 9.26. The van der Waals surface area contributed by atoms with Crippen LogP contribution in [-0.4, -0.2) is 49.9 Å². The fourth-order valence-corrected chi connectivity index (χ4v) is 5.47. The summed E-state index contributed by atoms with van der Waals surface area (Å²) in [5.74, 6) is 0.0778. The summed E-state index contributed by atoms with van der Waals surface area (Å²) in [7, 11) is -2.51. The van der Waals surface area contributed by atoms with Crippen LogP contribution in [0, 0.1) is 0 Å². The highest BCUT2D eigenvalue weighted by atomic mass is 35.5. The maximum atomic E-state index is 12.6. The molecule has 0 aliphatic carbocycles. The minimum atomic E-state index is -3.79. The van der Waals surface area contributed by atoms with E-state index in [2.05, 4.69) is 4.74 Å². The van der Waals surface area contributed by atoms with E-state index in [1.807, 2.05) is 0 Å². The van der Waals surface area contributed by atoms with Gasteiger partial charge >= 0.3 is 5.97 Å². The zero-order valence-electron chi connectivity index (χ0n) is 11.1. The molecule has 1 fully saturated rings. The van der Waals surface area contributed by atoms with E-state index in [-0.39, 0.29) is 21.5 Å². The van der Waals surface area contributed by atoms with Crippen LogP contribution in [0.2, 0.25) is 10.0 Å². The third-order valence-electron chi connectivity index (χ3n) is 3.03. The van der Waals surface area contributed by atoms with Crippen LogP contribution in [0.25, 0.3) is 0 Å². The highest BCUT2D eigenvalue weighted by molar-refractivity contribution is 8.00. The Hall–Kier alpha value is -0.470. The van der Waals surface area contributed by atoms with Gasteiger partial charge in [0.25, 0.3) is 0 Å². The molecular formula is C12H13Cl2NO4S2. The molecule has 9 heteroatoms. The highest BCUT2D eigenvalue weighted by Gasteiger charge is 2.35. The van der Waals surface area contributed by atoms with E-state index in [1.54, 1.807) is 0 Å². The maximum absolute atomic E-state index is 12.6. The van der Waals surface area contributed by atoms with Gasteiger partial charge in [-0.05, 0) is 12.1 Å². The largest absolute Gasteiger partial charge is 0.468 e. The Kier molecular flexibility index (Phi) is 5.43. The average molecular weight is 370 g/mol. The van der Waals surface area contributed by atoms with Gasteiger partial charge in [0, 0.05) is 18.8 Å². The first kappa shape index (κ1) is 16.9. The van der Waals surface area contributed by atoms with Gasteiger partial charge in [-0.1, -0.05) is 29.3 Å². The summed E-state index contributed by atoms with van der Waals surface area (Å²) < 4.78 is 31.2. The molecular weight excluding hydrogens is 357 g/mol. The molecule has 21 heavy (non-hydrogen) atoms. The molecule has 1 heterocycles. The molecule has 5 nitrogen and oxygen atoms in total. The number of thioether (sulfide) groups is 1. The third kappa shape index (κ3) is 3.48. The molecule has 0 spiro atoms. The van der Waals surface area contributed by atoms with Gasteiger partial charge in [0.15, 0.2) is 0 Å². The molecule has 0 N–H and O–H groups in total. The molecule has 1 saturated heterocycles. The molecule has 0 unspecified atom stereocenters. The molecule has 1 aromatic carbocycles. The summed E-state index contributed by atoms with van der Waals surface area (Å²) in [5.41, 5.74) is 0. The topological polar surface area (TPSA) is 63.7 Å². The number of carbonyl (C=O) groups is 1. The Morgan fingerprint density at radius 1 is 1.43 bits per heavy atom. The van der Waals surface area contributed by atoms with Crippen LogP contribution < -0.4 is 0 Å². The number of hydrogen-bond donors (Lipinski definition) is 0. The molecule has 0 bridgehead atoms. The van der Waals surface area contributed by atoms with Crippen LogP contribution in [0.3, 0.4) is 0 Å². The van der Waals surface area contributed by atoms with E-state index in [4.69, 9.17) is 23.2 Å². The van der Waals surface area contributed by atoms with Gasteiger partial charge < -0.3 is 4.74 Å². The molecule has 1 aliphatic heterocycles. The summed E-state index contributed by atoms with van der Waals surface area (Å²) in [5, 5.41) is -0.364. The summed E-state index contributed by atoms with van der Waals surface area (Å²) >= 11 is 13.2. The van der Waals surface area contributed by atoms with Crippen molar-refractivity contribution in [2.45, 2.75) is 10.1 Å². The zero-order chi connectivity index (χ0) is 15.6. The van der Waals surface area contributed by atoms with Crippen molar-refractivity contribution in [3.63, 3.8) is 0 Å². The first-order valence-electron chi connectivity index (χ1n) is 6.01. The van der Waals surface area contributed by atoms with Crippen LogP contribution in [0.4, 0.5) is 0 Å². The van der Waals surface area contributed by atoms with Gasteiger partial charge in [0.1, 0.15) is 10.1 Å². The number of rotatable bonds is 3. The monoisotopic (exact) mass is 369 g/mol. The van der Waals surface area contributed by atoms with Crippen LogP contribution in [-0.2, 0) is 19.6 Å². The highest BCUT2D eigenvalue weighted by Crippen LogP contribution is 2.32. The molecule has 0 saturated carbocycles. The fourth-order valence-electron chi connectivity index (χ4n) is 1.94. The lowest BCUT2D eigenvalue weighted by atomic mass is 10.4. The predicted molar refractivity (Wildman–Crippen MR) is 83.5 cm³/mol. The molecule has 1 atom stereocenters. The second kappa shape index (κ2) is 6.75. The molecule has 0 amide bonds. The fraction of sp³-hybridized carbons (Fsp3) is 0.417. The number of nitrogens with zero attached hydrogens (tertiary/aromatic N) is 1. The van der Waals surface area contributed by atoms with Crippen molar-refractivity contribution in [2.24, 2.45) is 0 Å². The standard InChI is InChI=1S/C12H13Cl2NO4S2/c1-19-12(16)9-7-15(5-6-20-9)21(17,18)10-4-2-3-8(13)11(10)14/h2-4,9H,5-7H2,1H3/t9-/m0/s1. The smallest absolute Gasteiger partial charge is 0.320 e. The molecule has 2 rings (SSSR count). The van der Waals surface area contributed by atoms with Crippen LogP contribution in [0.15, 0.2) is 23.1 Å². The molecule has 1 aliphatic rings. The molecule has 1 aromatic rings. The lowest BCUT2D eigenvalue weighted by Crippen LogP contribution is -2.44. The average Bonchev–Trinajstić information content (AvgIpc) is 2.49. The van der Waals surface area contributed by atoms with Crippen LogP contribution >= 0.6 is 35.0 Å². The van der Waals surface area contributed by atoms with Crippen molar-refractivity contribution >= 4 is 51.0 Å². The minimum Gasteiger partial charge on any atom is -0.468 e. The van der Waals surface area contributed by atoms with Crippen molar-refractivity contribution in [3.8, 4) is 0 Å². The normalized spacial score (nSPS) is 20.2. The van der Waals surface area contributed by atoms with Crippen LogP contribution in [0.5, 0.6) is 0 Å². The summed E-state index contributed by atoms with van der Waals surface area (Å²) in [6.45, 7) is 0.367. The first-order chi connectivity index (χ1) is 9.87. The number of methoxy groups -OCH3 is 1. The Bertz CT molecular complexity index is 651. The van der Waals surface area contributed by atoms with Gasteiger partial charge in [-0.3, -0.25) is 4.79 Å². The number of carbonyl (C=O) groups excluding carboxylic acids is 1. The molecule has 0 aromatic heterocycles.